The molecule has 9 nitrogen and oxygen atoms in total. The van der Waals surface area contributed by atoms with Gasteiger partial charge in [0.1, 0.15) is 5.75 Å². The highest BCUT2D eigenvalue weighted by atomic mass is 32.1. The maximum atomic E-state index is 11.4. The summed E-state index contributed by atoms with van der Waals surface area (Å²) in [6, 6.07) is 10.6. The molecule has 0 atom stereocenters. The van der Waals surface area contributed by atoms with Crippen LogP contribution in [-0.4, -0.2) is 36.9 Å². The third-order valence-corrected chi connectivity index (χ3v) is 4.77. The van der Waals surface area contributed by atoms with Crippen LogP contribution in [0.2, 0.25) is 0 Å². The zero-order chi connectivity index (χ0) is 21.5. The van der Waals surface area contributed by atoms with E-state index < -0.39 is 4.92 Å². The van der Waals surface area contributed by atoms with E-state index in [-0.39, 0.29) is 17.2 Å². The molecular weight excluding hydrogens is 408 g/mol. The first-order chi connectivity index (χ1) is 14.6. The number of nitrogens with one attached hydrogen (secondary N) is 1. The van der Waals surface area contributed by atoms with E-state index in [1.807, 2.05) is 29.6 Å². The SMILES string of the molecule is CCOc1cc(/C=N\Nc2nc(-c3ccccc3OC)cs2)cc([N+](=O)[O-])c1OC. The number of anilines is 1. The molecular formula is C20H20N4O5S. The third-order valence-electron chi connectivity index (χ3n) is 4.02. The Kier molecular flexibility index (Phi) is 6.81. The van der Waals surface area contributed by atoms with Crippen LogP contribution in [0.15, 0.2) is 46.9 Å². The maximum Gasteiger partial charge on any atom is 0.315 e. The summed E-state index contributed by atoms with van der Waals surface area (Å²) in [5.74, 6) is 1.09. The number of aromatic nitrogens is 1. The Morgan fingerprint density at radius 2 is 2.03 bits per heavy atom. The molecule has 10 heteroatoms. The molecule has 0 saturated heterocycles. The number of nitro groups is 1. The topological polar surface area (TPSA) is 108 Å². The van der Waals surface area contributed by atoms with Gasteiger partial charge in [-0.3, -0.25) is 15.5 Å². The van der Waals surface area contributed by atoms with E-state index in [2.05, 4.69) is 15.5 Å². The number of hydrazone groups is 1. The van der Waals surface area contributed by atoms with Crippen LogP contribution in [0, 0.1) is 10.1 Å². The Morgan fingerprint density at radius 1 is 1.23 bits per heavy atom. The number of ether oxygens (including phenoxy) is 3. The van der Waals surface area contributed by atoms with Crippen molar-refractivity contribution in [2.24, 2.45) is 5.10 Å². The lowest BCUT2D eigenvalue weighted by atomic mass is 10.1. The predicted molar refractivity (Wildman–Crippen MR) is 116 cm³/mol. The third kappa shape index (κ3) is 4.66. The highest BCUT2D eigenvalue weighted by Crippen LogP contribution is 2.38. The van der Waals surface area contributed by atoms with E-state index in [1.165, 1.54) is 30.7 Å². The van der Waals surface area contributed by atoms with Crippen LogP contribution in [-0.2, 0) is 0 Å². The summed E-state index contributed by atoms with van der Waals surface area (Å²) in [6.45, 7) is 2.13. The number of benzene rings is 2. The minimum absolute atomic E-state index is 0.0772. The summed E-state index contributed by atoms with van der Waals surface area (Å²) in [4.78, 5) is 15.3. The zero-order valence-corrected chi connectivity index (χ0v) is 17.4. The zero-order valence-electron chi connectivity index (χ0n) is 16.6. The van der Waals surface area contributed by atoms with Crippen LogP contribution in [0.4, 0.5) is 10.8 Å². The van der Waals surface area contributed by atoms with Crippen molar-refractivity contribution in [1.82, 2.24) is 4.98 Å². The van der Waals surface area contributed by atoms with Gasteiger partial charge in [0.25, 0.3) is 0 Å². The molecule has 0 fully saturated rings. The second-order valence-corrected chi connectivity index (χ2v) is 6.73. The van der Waals surface area contributed by atoms with Crippen molar-refractivity contribution in [3.05, 3.63) is 57.5 Å². The molecule has 1 N–H and O–H groups in total. The van der Waals surface area contributed by atoms with Gasteiger partial charge in [-0.2, -0.15) is 5.10 Å². The number of hydrogen-bond acceptors (Lipinski definition) is 9. The molecule has 3 aromatic rings. The van der Waals surface area contributed by atoms with Gasteiger partial charge >= 0.3 is 5.69 Å². The van der Waals surface area contributed by atoms with Gasteiger partial charge in [0.05, 0.1) is 37.7 Å². The van der Waals surface area contributed by atoms with E-state index in [0.717, 1.165) is 17.0 Å². The number of methoxy groups -OCH3 is 2. The molecule has 0 aliphatic carbocycles. The van der Waals surface area contributed by atoms with E-state index in [1.54, 1.807) is 20.1 Å². The van der Waals surface area contributed by atoms with Crippen molar-refractivity contribution in [2.45, 2.75) is 6.92 Å². The Labute approximate surface area is 177 Å². The normalized spacial score (nSPS) is 10.8. The molecule has 0 bridgehead atoms. The molecule has 1 aromatic heterocycles. The highest BCUT2D eigenvalue weighted by Gasteiger charge is 2.21. The second-order valence-electron chi connectivity index (χ2n) is 5.87. The lowest BCUT2D eigenvalue weighted by Crippen LogP contribution is -2.01. The van der Waals surface area contributed by atoms with E-state index >= 15 is 0 Å². The van der Waals surface area contributed by atoms with Crippen molar-refractivity contribution in [3.63, 3.8) is 0 Å². The average Bonchev–Trinajstić information content (AvgIpc) is 3.22. The first-order valence-corrected chi connectivity index (χ1v) is 9.82. The van der Waals surface area contributed by atoms with Gasteiger partial charge in [-0.25, -0.2) is 4.98 Å². The Morgan fingerprint density at radius 3 is 2.73 bits per heavy atom. The fourth-order valence-corrected chi connectivity index (χ4v) is 3.41. The molecule has 1 heterocycles. The van der Waals surface area contributed by atoms with Crippen molar-refractivity contribution in [3.8, 4) is 28.5 Å². The molecule has 0 amide bonds. The summed E-state index contributed by atoms with van der Waals surface area (Å²) in [5.41, 5.74) is 4.77. The molecule has 0 aliphatic heterocycles. The van der Waals surface area contributed by atoms with Crippen LogP contribution in [0.1, 0.15) is 12.5 Å². The molecule has 30 heavy (non-hydrogen) atoms. The van der Waals surface area contributed by atoms with Gasteiger partial charge in [-0.05, 0) is 25.1 Å². The van der Waals surface area contributed by atoms with Gasteiger partial charge in [-0.1, -0.05) is 12.1 Å². The van der Waals surface area contributed by atoms with E-state index in [9.17, 15) is 10.1 Å². The Bertz CT molecular complexity index is 1070. The maximum absolute atomic E-state index is 11.4. The summed E-state index contributed by atoms with van der Waals surface area (Å²) >= 11 is 1.38. The van der Waals surface area contributed by atoms with Crippen molar-refractivity contribution < 1.29 is 19.1 Å². The highest BCUT2D eigenvalue weighted by molar-refractivity contribution is 7.14. The summed E-state index contributed by atoms with van der Waals surface area (Å²) < 4.78 is 16.0. The van der Waals surface area contributed by atoms with Crippen LogP contribution >= 0.6 is 11.3 Å². The van der Waals surface area contributed by atoms with Gasteiger partial charge in [-0.15, -0.1) is 11.3 Å². The summed E-state index contributed by atoms with van der Waals surface area (Å²) in [6.07, 6.45) is 1.46. The van der Waals surface area contributed by atoms with Crippen LogP contribution in [0.25, 0.3) is 11.3 Å². The molecule has 0 aliphatic rings. The number of hydrogen-bond donors (Lipinski definition) is 1. The van der Waals surface area contributed by atoms with Crippen molar-refractivity contribution in [1.29, 1.82) is 0 Å². The predicted octanol–water partition coefficient (Wildman–Crippen LogP) is 4.58. The number of nitrogens with zero attached hydrogens (tertiary/aromatic N) is 3. The van der Waals surface area contributed by atoms with Crippen LogP contribution < -0.4 is 19.6 Å². The standard InChI is InChI=1S/C20H20N4O5S/c1-4-29-18-10-13(9-16(24(25)26)19(18)28-3)11-21-23-20-22-15(12-30-20)14-7-5-6-8-17(14)27-2/h5-12H,4H2,1-3H3,(H,22,23)/b21-11-. The fraction of sp³-hybridized carbons (Fsp3) is 0.200. The Balaban J connectivity index is 1.80. The van der Waals surface area contributed by atoms with Crippen LogP contribution in [0.3, 0.4) is 0 Å². The fourth-order valence-electron chi connectivity index (χ4n) is 2.75. The molecule has 0 spiro atoms. The van der Waals surface area contributed by atoms with Crippen molar-refractivity contribution in [2.75, 3.05) is 26.3 Å². The molecule has 156 valence electrons. The van der Waals surface area contributed by atoms with E-state index in [4.69, 9.17) is 14.2 Å². The first kappa shape index (κ1) is 21.1. The summed E-state index contributed by atoms with van der Waals surface area (Å²) in [7, 11) is 2.97. The minimum Gasteiger partial charge on any atom is -0.496 e. The molecule has 2 aromatic carbocycles. The molecule has 3 rings (SSSR count). The second kappa shape index (κ2) is 9.70. The minimum atomic E-state index is -0.521. The largest absolute Gasteiger partial charge is 0.496 e. The van der Waals surface area contributed by atoms with Crippen LogP contribution in [0.5, 0.6) is 17.2 Å². The quantitative estimate of drug-likeness (QED) is 0.302. The van der Waals surface area contributed by atoms with Gasteiger partial charge in [0, 0.05) is 22.6 Å². The van der Waals surface area contributed by atoms with Gasteiger partial charge in [0.15, 0.2) is 5.75 Å². The Hall–Kier alpha value is -3.66. The molecule has 0 unspecified atom stereocenters. The number of rotatable bonds is 9. The molecule has 0 saturated carbocycles. The lowest BCUT2D eigenvalue weighted by molar-refractivity contribution is -0.385. The summed E-state index contributed by atoms with van der Waals surface area (Å²) in [5, 5.41) is 18.0. The number of para-hydroxylation sites is 1. The first-order valence-electron chi connectivity index (χ1n) is 8.94. The average molecular weight is 428 g/mol. The molecule has 0 radical (unpaired) electrons. The van der Waals surface area contributed by atoms with Crippen molar-refractivity contribution >= 4 is 28.4 Å². The monoisotopic (exact) mass is 428 g/mol. The van der Waals surface area contributed by atoms with Gasteiger partial charge in [0.2, 0.25) is 10.9 Å². The smallest absolute Gasteiger partial charge is 0.315 e. The van der Waals surface area contributed by atoms with E-state index in [0.29, 0.717) is 17.3 Å². The lowest BCUT2D eigenvalue weighted by Gasteiger charge is -2.10. The number of nitro benzene ring substituents is 1. The number of thiazole rings is 1. The van der Waals surface area contributed by atoms with Gasteiger partial charge < -0.3 is 14.2 Å².